The fraction of sp³-hybridized carbons (Fsp3) is 0.217. The van der Waals surface area contributed by atoms with Crippen molar-refractivity contribution in [2.75, 3.05) is 11.9 Å². The van der Waals surface area contributed by atoms with E-state index in [0.29, 0.717) is 30.4 Å². The molecule has 1 aromatic heterocycles. The third kappa shape index (κ3) is 4.88. The van der Waals surface area contributed by atoms with Gasteiger partial charge in [-0.15, -0.1) is 0 Å². The lowest BCUT2D eigenvalue weighted by Gasteiger charge is -2.12. The molecule has 1 fully saturated rings. The van der Waals surface area contributed by atoms with Crippen LogP contribution in [0.1, 0.15) is 28.8 Å². The van der Waals surface area contributed by atoms with E-state index in [4.69, 9.17) is 4.74 Å². The number of nitrogens with one attached hydrogen (secondary N) is 2. The molecule has 3 aromatic rings. The topological polar surface area (TPSA) is 63.2 Å². The zero-order valence-corrected chi connectivity index (χ0v) is 15.6. The summed E-state index contributed by atoms with van der Waals surface area (Å²) < 4.78 is 5.83. The van der Waals surface area contributed by atoms with E-state index in [1.165, 1.54) is 12.8 Å². The number of pyridine rings is 1. The molecular weight excluding hydrogens is 350 g/mol. The van der Waals surface area contributed by atoms with Crippen molar-refractivity contribution in [3.8, 4) is 5.75 Å². The first kappa shape index (κ1) is 18.0. The minimum atomic E-state index is -0.120. The van der Waals surface area contributed by atoms with Gasteiger partial charge >= 0.3 is 0 Å². The van der Waals surface area contributed by atoms with E-state index in [2.05, 4.69) is 15.6 Å². The first-order valence-corrected chi connectivity index (χ1v) is 9.54. The monoisotopic (exact) mass is 373 g/mol. The molecule has 1 amide bonds. The Hall–Kier alpha value is -3.34. The van der Waals surface area contributed by atoms with Crippen LogP contribution in [0.15, 0.2) is 73.1 Å². The molecule has 5 heteroatoms. The number of nitrogens with zero attached hydrogens (tertiary/aromatic N) is 1. The molecule has 2 aromatic carbocycles. The van der Waals surface area contributed by atoms with Crippen LogP contribution in [-0.4, -0.2) is 17.5 Å². The van der Waals surface area contributed by atoms with Gasteiger partial charge in [-0.1, -0.05) is 24.3 Å². The summed E-state index contributed by atoms with van der Waals surface area (Å²) in [5, 5.41) is 6.29. The lowest BCUT2D eigenvalue weighted by molar-refractivity contribution is 0.0946. The number of hydrogen-bond acceptors (Lipinski definition) is 4. The summed E-state index contributed by atoms with van der Waals surface area (Å²) in [5.41, 5.74) is 3.59. The van der Waals surface area contributed by atoms with Crippen LogP contribution in [-0.2, 0) is 6.54 Å². The number of amides is 1. The van der Waals surface area contributed by atoms with Crippen LogP contribution in [0.4, 0.5) is 11.4 Å². The van der Waals surface area contributed by atoms with Crippen LogP contribution < -0.4 is 15.4 Å². The highest BCUT2D eigenvalue weighted by Crippen LogP contribution is 2.30. The Kier molecular flexibility index (Phi) is 5.52. The largest absolute Gasteiger partial charge is 0.492 e. The van der Waals surface area contributed by atoms with Crippen LogP contribution in [0.2, 0.25) is 0 Å². The summed E-state index contributed by atoms with van der Waals surface area (Å²) >= 11 is 0. The number of benzene rings is 2. The highest BCUT2D eigenvalue weighted by Gasteiger charge is 2.23. The van der Waals surface area contributed by atoms with Crippen molar-refractivity contribution in [2.45, 2.75) is 19.4 Å². The van der Waals surface area contributed by atoms with Crippen molar-refractivity contribution in [3.63, 3.8) is 0 Å². The summed E-state index contributed by atoms with van der Waals surface area (Å²) in [6.07, 6.45) is 5.94. The second kappa shape index (κ2) is 8.57. The SMILES string of the molecule is O=C(NCc1ccc(Nc2ccncc2)cc1)c1ccccc1OCC1CC1. The van der Waals surface area contributed by atoms with Gasteiger partial charge in [0.2, 0.25) is 0 Å². The molecule has 4 rings (SSSR count). The smallest absolute Gasteiger partial charge is 0.255 e. The Morgan fingerprint density at radius 1 is 0.964 bits per heavy atom. The van der Waals surface area contributed by atoms with Gasteiger partial charge < -0.3 is 15.4 Å². The van der Waals surface area contributed by atoms with Gasteiger partial charge in [-0.25, -0.2) is 0 Å². The van der Waals surface area contributed by atoms with E-state index in [1.54, 1.807) is 18.5 Å². The number of rotatable bonds is 8. The molecule has 5 nitrogen and oxygen atoms in total. The molecule has 142 valence electrons. The number of ether oxygens (including phenoxy) is 1. The molecule has 2 N–H and O–H groups in total. The summed E-state index contributed by atoms with van der Waals surface area (Å²) in [6, 6.07) is 19.2. The molecule has 0 bridgehead atoms. The molecular formula is C23H23N3O2. The van der Waals surface area contributed by atoms with Crippen molar-refractivity contribution < 1.29 is 9.53 Å². The zero-order valence-electron chi connectivity index (χ0n) is 15.6. The van der Waals surface area contributed by atoms with Gasteiger partial charge in [-0.3, -0.25) is 9.78 Å². The molecule has 1 heterocycles. The van der Waals surface area contributed by atoms with Crippen molar-refractivity contribution in [3.05, 3.63) is 84.2 Å². The highest BCUT2D eigenvalue weighted by molar-refractivity contribution is 5.96. The van der Waals surface area contributed by atoms with Gasteiger partial charge in [0.25, 0.3) is 5.91 Å². The van der Waals surface area contributed by atoms with E-state index < -0.39 is 0 Å². The van der Waals surface area contributed by atoms with E-state index in [-0.39, 0.29) is 5.91 Å². The normalized spacial score (nSPS) is 13.0. The average molecular weight is 373 g/mol. The molecule has 0 spiro atoms. The summed E-state index contributed by atoms with van der Waals surface area (Å²) in [7, 11) is 0. The molecule has 1 aliphatic rings. The first-order valence-electron chi connectivity index (χ1n) is 9.54. The second-order valence-corrected chi connectivity index (χ2v) is 6.99. The van der Waals surface area contributed by atoms with Crippen LogP contribution in [0.5, 0.6) is 5.75 Å². The predicted octanol–water partition coefficient (Wildman–Crippen LogP) is 4.54. The summed E-state index contributed by atoms with van der Waals surface area (Å²) in [4.78, 5) is 16.6. The Balaban J connectivity index is 1.33. The van der Waals surface area contributed by atoms with Crippen LogP contribution in [0.25, 0.3) is 0 Å². The van der Waals surface area contributed by atoms with Crippen molar-refractivity contribution >= 4 is 17.3 Å². The van der Waals surface area contributed by atoms with Gasteiger partial charge in [0.05, 0.1) is 12.2 Å². The van der Waals surface area contributed by atoms with Gasteiger partial charge in [0, 0.05) is 30.3 Å². The third-order valence-electron chi connectivity index (χ3n) is 4.68. The molecule has 0 atom stereocenters. The molecule has 0 aliphatic heterocycles. The number of aromatic nitrogens is 1. The lowest BCUT2D eigenvalue weighted by atomic mass is 10.1. The summed E-state index contributed by atoms with van der Waals surface area (Å²) in [5.74, 6) is 1.18. The number of para-hydroxylation sites is 1. The number of carbonyl (C=O) groups excluding carboxylic acids is 1. The molecule has 28 heavy (non-hydrogen) atoms. The highest BCUT2D eigenvalue weighted by atomic mass is 16.5. The minimum absolute atomic E-state index is 0.120. The minimum Gasteiger partial charge on any atom is -0.492 e. The molecule has 0 unspecified atom stereocenters. The Labute approximate surface area is 164 Å². The second-order valence-electron chi connectivity index (χ2n) is 6.99. The maximum absolute atomic E-state index is 12.6. The van der Waals surface area contributed by atoms with E-state index in [0.717, 1.165) is 16.9 Å². The van der Waals surface area contributed by atoms with Gasteiger partial charge in [0.1, 0.15) is 5.75 Å². The molecule has 0 saturated heterocycles. The standard InChI is InChI=1S/C23H23N3O2/c27-23(21-3-1-2-4-22(21)28-16-18-5-6-18)25-15-17-7-9-19(10-8-17)26-20-11-13-24-14-12-20/h1-4,7-14,18H,5-6,15-16H2,(H,24,26)(H,25,27). The Bertz CT molecular complexity index is 922. The third-order valence-corrected chi connectivity index (χ3v) is 4.68. The van der Waals surface area contributed by atoms with E-state index in [1.807, 2.05) is 54.6 Å². The maximum atomic E-state index is 12.6. The van der Waals surface area contributed by atoms with Crippen molar-refractivity contribution in [1.82, 2.24) is 10.3 Å². The van der Waals surface area contributed by atoms with Crippen LogP contribution in [0.3, 0.4) is 0 Å². The lowest BCUT2D eigenvalue weighted by Crippen LogP contribution is -2.23. The van der Waals surface area contributed by atoms with Gasteiger partial charge in [0.15, 0.2) is 0 Å². The molecule has 1 aliphatic carbocycles. The number of hydrogen-bond donors (Lipinski definition) is 2. The van der Waals surface area contributed by atoms with Gasteiger partial charge in [-0.2, -0.15) is 0 Å². The fourth-order valence-corrected chi connectivity index (χ4v) is 2.86. The quantitative estimate of drug-likeness (QED) is 0.608. The average Bonchev–Trinajstić information content (AvgIpc) is 3.57. The van der Waals surface area contributed by atoms with Gasteiger partial charge in [-0.05, 0) is 60.7 Å². The zero-order chi connectivity index (χ0) is 19.2. The summed E-state index contributed by atoms with van der Waals surface area (Å²) in [6.45, 7) is 1.15. The van der Waals surface area contributed by atoms with Crippen molar-refractivity contribution in [2.24, 2.45) is 5.92 Å². The fourth-order valence-electron chi connectivity index (χ4n) is 2.86. The Morgan fingerprint density at radius 3 is 2.43 bits per heavy atom. The number of carbonyl (C=O) groups is 1. The maximum Gasteiger partial charge on any atom is 0.255 e. The molecule has 1 saturated carbocycles. The first-order chi connectivity index (χ1) is 13.8. The number of anilines is 2. The van der Waals surface area contributed by atoms with Crippen LogP contribution >= 0.6 is 0 Å². The van der Waals surface area contributed by atoms with E-state index in [9.17, 15) is 4.79 Å². The van der Waals surface area contributed by atoms with Crippen LogP contribution in [0, 0.1) is 5.92 Å². The Morgan fingerprint density at radius 2 is 1.68 bits per heavy atom. The van der Waals surface area contributed by atoms with Crippen molar-refractivity contribution in [1.29, 1.82) is 0 Å². The molecule has 0 radical (unpaired) electrons. The van der Waals surface area contributed by atoms with E-state index >= 15 is 0 Å². The predicted molar refractivity (Wildman–Crippen MR) is 110 cm³/mol.